The van der Waals surface area contributed by atoms with E-state index in [1.54, 1.807) is 19.1 Å². The van der Waals surface area contributed by atoms with Crippen molar-refractivity contribution in [2.45, 2.75) is 31.5 Å². The Morgan fingerprint density at radius 3 is 2.67 bits per heavy atom. The molecule has 4 rings (SSSR count). The molecule has 2 aromatic rings. The third-order valence-corrected chi connectivity index (χ3v) is 5.84. The first-order valence-corrected chi connectivity index (χ1v) is 10.2. The lowest BCUT2D eigenvalue weighted by Crippen LogP contribution is -2.58. The summed E-state index contributed by atoms with van der Waals surface area (Å²) in [6, 6.07) is 12.0. The van der Waals surface area contributed by atoms with Gasteiger partial charge >= 0.3 is 0 Å². The lowest BCUT2D eigenvalue weighted by molar-refractivity contribution is -0.122. The van der Waals surface area contributed by atoms with Crippen molar-refractivity contribution in [3.8, 4) is 0 Å². The summed E-state index contributed by atoms with van der Waals surface area (Å²) in [5, 5.41) is 5.55. The van der Waals surface area contributed by atoms with E-state index in [1.165, 1.54) is 6.26 Å². The van der Waals surface area contributed by atoms with Gasteiger partial charge in [-0.1, -0.05) is 18.2 Å². The number of nitrogens with one attached hydrogen (secondary N) is 2. The Labute approximate surface area is 175 Å². The second-order valence-electron chi connectivity index (χ2n) is 7.83. The van der Waals surface area contributed by atoms with E-state index in [0.29, 0.717) is 18.7 Å². The molecule has 2 N–H and O–H groups in total. The van der Waals surface area contributed by atoms with Gasteiger partial charge in [0.1, 0.15) is 6.04 Å². The first-order valence-electron chi connectivity index (χ1n) is 10.2. The summed E-state index contributed by atoms with van der Waals surface area (Å²) in [5.41, 5.74) is 0.690. The number of fused-ring (bicyclic) bond motifs is 2. The van der Waals surface area contributed by atoms with Crippen LogP contribution in [0.15, 0.2) is 53.1 Å². The Hall–Kier alpha value is -3.13. The van der Waals surface area contributed by atoms with Gasteiger partial charge in [0.2, 0.25) is 5.91 Å². The summed E-state index contributed by atoms with van der Waals surface area (Å²) in [4.78, 5) is 41.8. The molecule has 2 aliphatic heterocycles. The Morgan fingerprint density at radius 2 is 1.93 bits per heavy atom. The van der Waals surface area contributed by atoms with Crippen molar-refractivity contribution in [2.75, 3.05) is 26.2 Å². The first-order chi connectivity index (χ1) is 14.5. The molecular weight excluding hydrogens is 384 g/mol. The van der Waals surface area contributed by atoms with E-state index in [0.717, 1.165) is 19.5 Å². The number of hydrogen-bond acceptors (Lipinski definition) is 5. The molecule has 0 aliphatic carbocycles. The molecule has 30 heavy (non-hydrogen) atoms. The third-order valence-electron chi connectivity index (χ3n) is 5.84. The van der Waals surface area contributed by atoms with Crippen LogP contribution in [-0.4, -0.2) is 71.8 Å². The molecule has 2 saturated heterocycles. The molecule has 0 saturated carbocycles. The third kappa shape index (κ3) is 4.23. The molecule has 158 valence electrons. The van der Waals surface area contributed by atoms with Gasteiger partial charge in [-0.15, -0.1) is 0 Å². The SMILES string of the molecule is C[C@@H](NC(=O)c1ccco1)C(=O)NC[C@H]1CN(C(=O)c2ccccc2)[C@H]2CCN1C2. The van der Waals surface area contributed by atoms with Crippen LogP contribution in [0.5, 0.6) is 0 Å². The van der Waals surface area contributed by atoms with E-state index in [1.807, 2.05) is 35.2 Å². The summed E-state index contributed by atoms with van der Waals surface area (Å²) in [6.45, 7) is 4.36. The van der Waals surface area contributed by atoms with Gasteiger partial charge < -0.3 is 20.0 Å². The van der Waals surface area contributed by atoms with Gasteiger partial charge in [-0.2, -0.15) is 0 Å². The topological polar surface area (TPSA) is 94.9 Å². The van der Waals surface area contributed by atoms with E-state index < -0.39 is 11.9 Å². The van der Waals surface area contributed by atoms with Crippen molar-refractivity contribution >= 4 is 17.7 Å². The molecular formula is C22H26N4O4. The Kier molecular flexibility index (Phi) is 5.85. The average Bonchev–Trinajstić information content (AvgIpc) is 3.44. The highest BCUT2D eigenvalue weighted by Gasteiger charge is 2.41. The minimum Gasteiger partial charge on any atom is -0.459 e. The number of nitrogens with zero attached hydrogens (tertiary/aromatic N) is 2. The number of piperazine rings is 1. The van der Waals surface area contributed by atoms with Gasteiger partial charge in [0, 0.05) is 43.8 Å². The van der Waals surface area contributed by atoms with E-state index in [9.17, 15) is 14.4 Å². The molecule has 1 aromatic heterocycles. The molecule has 2 aliphatic rings. The minimum atomic E-state index is -0.695. The van der Waals surface area contributed by atoms with Crippen LogP contribution in [0.2, 0.25) is 0 Å². The zero-order chi connectivity index (χ0) is 21.1. The van der Waals surface area contributed by atoms with Crippen molar-refractivity contribution in [3.63, 3.8) is 0 Å². The fraction of sp³-hybridized carbons (Fsp3) is 0.409. The first kappa shape index (κ1) is 20.2. The number of rotatable bonds is 6. The smallest absolute Gasteiger partial charge is 0.287 e. The summed E-state index contributed by atoms with van der Waals surface area (Å²) in [5.74, 6) is -0.489. The zero-order valence-electron chi connectivity index (χ0n) is 16.9. The monoisotopic (exact) mass is 410 g/mol. The predicted molar refractivity (Wildman–Crippen MR) is 110 cm³/mol. The molecule has 3 heterocycles. The fourth-order valence-electron chi connectivity index (χ4n) is 4.15. The maximum absolute atomic E-state index is 13.0. The average molecular weight is 410 g/mol. The quantitative estimate of drug-likeness (QED) is 0.744. The normalized spacial score (nSPS) is 23.6. The van der Waals surface area contributed by atoms with E-state index in [2.05, 4.69) is 15.5 Å². The van der Waals surface area contributed by atoms with Gasteiger partial charge in [-0.3, -0.25) is 19.3 Å². The largest absolute Gasteiger partial charge is 0.459 e. The summed E-state index contributed by atoms with van der Waals surface area (Å²) >= 11 is 0. The highest BCUT2D eigenvalue weighted by Crippen LogP contribution is 2.26. The molecule has 0 radical (unpaired) electrons. The lowest BCUT2D eigenvalue weighted by atomic mass is 10.1. The number of carbonyl (C=O) groups excluding carboxylic acids is 3. The molecule has 2 bridgehead atoms. The Morgan fingerprint density at radius 1 is 1.13 bits per heavy atom. The van der Waals surface area contributed by atoms with Crippen LogP contribution in [0.3, 0.4) is 0 Å². The second-order valence-corrected chi connectivity index (χ2v) is 7.83. The predicted octanol–water partition coefficient (Wildman–Crippen LogP) is 1.11. The standard InChI is InChI=1S/C22H26N4O4/c1-15(24-21(28)19-8-5-11-30-19)20(27)23-12-18-14-26(17-9-10-25(18)13-17)22(29)16-6-3-2-4-7-16/h2-8,11,15,17-18H,9-10,12-14H2,1H3,(H,23,27)(H,24,28)/t15-,17+,18+/m1/s1. The van der Waals surface area contributed by atoms with Gasteiger partial charge in [0.15, 0.2) is 5.76 Å². The molecule has 1 unspecified atom stereocenters. The molecule has 0 spiro atoms. The van der Waals surface area contributed by atoms with Crippen LogP contribution in [0.25, 0.3) is 0 Å². The van der Waals surface area contributed by atoms with Crippen molar-refractivity contribution in [3.05, 3.63) is 60.1 Å². The molecule has 8 heteroatoms. The van der Waals surface area contributed by atoms with Gasteiger partial charge in [0.05, 0.1) is 6.26 Å². The van der Waals surface area contributed by atoms with Crippen LogP contribution in [0.4, 0.5) is 0 Å². The summed E-state index contributed by atoms with van der Waals surface area (Å²) in [6.07, 6.45) is 2.35. The van der Waals surface area contributed by atoms with Crippen LogP contribution in [-0.2, 0) is 4.79 Å². The number of hydrogen-bond donors (Lipinski definition) is 2. The van der Waals surface area contributed by atoms with Gasteiger partial charge in [0.25, 0.3) is 11.8 Å². The Balaban J connectivity index is 1.33. The zero-order valence-corrected chi connectivity index (χ0v) is 16.9. The van der Waals surface area contributed by atoms with E-state index in [4.69, 9.17) is 4.42 Å². The number of benzene rings is 1. The lowest BCUT2D eigenvalue weighted by Gasteiger charge is -2.40. The number of furan rings is 1. The van der Waals surface area contributed by atoms with Crippen molar-refractivity contribution in [1.82, 2.24) is 20.4 Å². The van der Waals surface area contributed by atoms with Gasteiger partial charge in [-0.25, -0.2) is 0 Å². The van der Waals surface area contributed by atoms with Crippen LogP contribution in [0, 0.1) is 0 Å². The summed E-state index contributed by atoms with van der Waals surface area (Å²) < 4.78 is 5.05. The number of amides is 3. The molecule has 2 fully saturated rings. The molecule has 8 nitrogen and oxygen atoms in total. The minimum absolute atomic E-state index is 0.0394. The van der Waals surface area contributed by atoms with Crippen molar-refractivity contribution < 1.29 is 18.8 Å². The molecule has 4 atom stereocenters. The van der Waals surface area contributed by atoms with E-state index in [-0.39, 0.29) is 29.7 Å². The fourth-order valence-corrected chi connectivity index (χ4v) is 4.15. The van der Waals surface area contributed by atoms with Crippen LogP contribution < -0.4 is 10.6 Å². The Bertz CT molecular complexity index is 899. The number of carbonyl (C=O) groups is 3. The summed E-state index contributed by atoms with van der Waals surface area (Å²) in [7, 11) is 0. The highest BCUT2D eigenvalue weighted by atomic mass is 16.3. The van der Waals surface area contributed by atoms with Gasteiger partial charge in [-0.05, 0) is 37.6 Å². The van der Waals surface area contributed by atoms with Crippen LogP contribution in [0.1, 0.15) is 34.3 Å². The van der Waals surface area contributed by atoms with Crippen LogP contribution >= 0.6 is 0 Å². The molecule has 3 amide bonds. The van der Waals surface area contributed by atoms with Crippen molar-refractivity contribution in [1.29, 1.82) is 0 Å². The van der Waals surface area contributed by atoms with E-state index >= 15 is 0 Å². The second kappa shape index (κ2) is 8.71. The maximum Gasteiger partial charge on any atom is 0.287 e. The van der Waals surface area contributed by atoms with Crippen molar-refractivity contribution in [2.24, 2.45) is 0 Å². The maximum atomic E-state index is 13.0. The molecule has 1 aromatic carbocycles. The highest BCUT2D eigenvalue weighted by molar-refractivity contribution is 5.95.